The first-order valence-electron chi connectivity index (χ1n) is 9.66. The second-order valence-electron chi connectivity index (χ2n) is 6.99. The van der Waals surface area contributed by atoms with Gasteiger partial charge in [-0.15, -0.1) is 10.2 Å². The molecule has 0 unspecified atom stereocenters. The monoisotopic (exact) mass is 458 g/mol. The largest absolute Gasteiger partial charge is 0.378 e. The molecule has 1 saturated heterocycles. The van der Waals surface area contributed by atoms with Crippen LogP contribution in [-0.2, 0) is 11.8 Å². The molecular formula is C20H19FN6O4S. The van der Waals surface area contributed by atoms with Gasteiger partial charge in [0, 0.05) is 37.5 Å². The van der Waals surface area contributed by atoms with Gasteiger partial charge < -0.3 is 19.5 Å². The summed E-state index contributed by atoms with van der Waals surface area (Å²) in [5.41, 5.74) is 0.535. The highest BCUT2D eigenvalue weighted by molar-refractivity contribution is 7.99. The van der Waals surface area contributed by atoms with Crippen molar-refractivity contribution in [1.29, 1.82) is 0 Å². The molecule has 0 spiro atoms. The second-order valence-corrected chi connectivity index (χ2v) is 7.99. The standard InChI is InChI=1S/C20H19FN6O4S/c1-25-12-22-24-20(25)32-18-5-2-13(10-17(18)27(29)30)19(28)23-14-3-4-16(15(21)11-14)26-6-8-31-9-7-26/h2-5,10-12H,6-9H2,1H3,(H,23,28). The van der Waals surface area contributed by atoms with Crippen molar-refractivity contribution < 1.29 is 18.8 Å². The van der Waals surface area contributed by atoms with E-state index in [1.54, 1.807) is 23.7 Å². The minimum atomic E-state index is -0.582. The van der Waals surface area contributed by atoms with Crippen LogP contribution in [0, 0.1) is 15.9 Å². The van der Waals surface area contributed by atoms with E-state index in [0.29, 0.717) is 42.0 Å². The molecule has 0 atom stereocenters. The van der Waals surface area contributed by atoms with Gasteiger partial charge in [0.1, 0.15) is 12.1 Å². The Kier molecular flexibility index (Phi) is 6.32. The molecule has 1 fully saturated rings. The number of nitro benzene ring substituents is 1. The Morgan fingerprint density at radius 1 is 1.25 bits per heavy atom. The number of anilines is 2. The number of hydrogen-bond acceptors (Lipinski definition) is 8. The predicted molar refractivity (Wildman–Crippen MR) is 116 cm³/mol. The minimum absolute atomic E-state index is 0.0803. The number of nitrogens with zero attached hydrogens (tertiary/aromatic N) is 5. The van der Waals surface area contributed by atoms with Crippen molar-refractivity contribution in [3.05, 3.63) is 64.2 Å². The van der Waals surface area contributed by atoms with E-state index in [2.05, 4.69) is 15.5 Å². The molecule has 12 heteroatoms. The lowest BCUT2D eigenvalue weighted by Crippen LogP contribution is -2.36. The summed E-state index contributed by atoms with van der Waals surface area (Å²) in [6.45, 7) is 2.24. The van der Waals surface area contributed by atoms with Gasteiger partial charge in [-0.1, -0.05) is 0 Å². The number of nitrogens with one attached hydrogen (secondary N) is 1. The van der Waals surface area contributed by atoms with Gasteiger partial charge in [-0.2, -0.15) is 0 Å². The molecule has 0 bridgehead atoms. The van der Waals surface area contributed by atoms with E-state index in [0.717, 1.165) is 11.8 Å². The molecule has 0 aliphatic carbocycles. The molecule has 0 saturated carbocycles. The highest BCUT2D eigenvalue weighted by atomic mass is 32.2. The van der Waals surface area contributed by atoms with Crippen LogP contribution in [0.15, 0.2) is 52.8 Å². The van der Waals surface area contributed by atoms with Crippen LogP contribution in [0.3, 0.4) is 0 Å². The SMILES string of the molecule is Cn1cnnc1Sc1ccc(C(=O)Nc2ccc(N3CCOCC3)c(F)c2)cc1[N+](=O)[O-]. The highest BCUT2D eigenvalue weighted by Crippen LogP contribution is 2.34. The number of amides is 1. The molecule has 10 nitrogen and oxygen atoms in total. The quantitative estimate of drug-likeness (QED) is 0.443. The van der Waals surface area contributed by atoms with Crippen molar-refractivity contribution in [1.82, 2.24) is 14.8 Å². The summed E-state index contributed by atoms with van der Waals surface area (Å²) in [7, 11) is 1.72. The number of aromatic nitrogens is 3. The number of morpholine rings is 1. The lowest BCUT2D eigenvalue weighted by Gasteiger charge is -2.29. The summed E-state index contributed by atoms with van der Waals surface area (Å²) in [6.07, 6.45) is 1.49. The van der Waals surface area contributed by atoms with Crippen LogP contribution in [0.5, 0.6) is 0 Å². The van der Waals surface area contributed by atoms with Crippen LogP contribution in [0.2, 0.25) is 0 Å². The van der Waals surface area contributed by atoms with Crippen LogP contribution in [0.1, 0.15) is 10.4 Å². The van der Waals surface area contributed by atoms with Crippen molar-refractivity contribution in [2.45, 2.75) is 10.1 Å². The molecule has 1 amide bonds. The number of nitro groups is 1. The first-order valence-corrected chi connectivity index (χ1v) is 10.5. The van der Waals surface area contributed by atoms with Crippen LogP contribution in [0.25, 0.3) is 0 Å². The van der Waals surface area contributed by atoms with Gasteiger partial charge in [-0.3, -0.25) is 14.9 Å². The number of ether oxygens (including phenoxy) is 1. The Bertz CT molecular complexity index is 1160. The number of benzene rings is 2. The topological polar surface area (TPSA) is 115 Å². The zero-order valence-corrected chi connectivity index (χ0v) is 17.8. The van der Waals surface area contributed by atoms with Gasteiger partial charge in [0.2, 0.25) is 0 Å². The second kappa shape index (κ2) is 9.32. The maximum Gasteiger partial charge on any atom is 0.284 e. The number of rotatable bonds is 6. The van der Waals surface area contributed by atoms with Gasteiger partial charge in [0.05, 0.1) is 28.7 Å². The molecule has 1 aliphatic heterocycles. The molecule has 2 heterocycles. The van der Waals surface area contributed by atoms with Crippen LogP contribution in [-0.4, -0.2) is 51.9 Å². The van der Waals surface area contributed by atoms with Gasteiger partial charge in [-0.25, -0.2) is 4.39 Å². The Labute approximate surface area is 186 Å². The third-order valence-electron chi connectivity index (χ3n) is 4.85. The first-order chi connectivity index (χ1) is 15.4. The normalized spacial score (nSPS) is 13.8. The van der Waals surface area contributed by atoms with Gasteiger partial charge >= 0.3 is 0 Å². The Hall–Kier alpha value is -3.51. The molecule has 4 rings (SSSR count). The maximum atomic E-state index is 14.6. The molecule has 1 aliphatic rings. The fourth-order valence-electron chi connectivity index (χ4n) is 3.20. The van der Waals surface area contributed by atoms with Gasteiger partial charge in [0.25, 0.3) is 11.6 Å². The van der Waals surface area contributed by atoms with E-state index in [1.165, 1.54) is 30.6 Å². The lowest BCUT2D eigenvalue weighted by molar-refractivity contribution is -0.387. The van der Waals surface area contributed by atoms with Crippen molar-refractivity contribution in [2.75, 3.05) is 36.5 Å². The summed E-state index contributed by atoms with van der Waals surface area (Å²) in [4.78, 5) is 25.8. The number of carbonyl (C=O) groups excluding carboxylic acids is 1. The van der Waals surface area contributed by atoms with Crippen LogP contribution in [0.4, 0.5) is 21.5 Å². The predicted octanol–water partition coefficient (Wildman–Crippen LogP) is 3.10. The smallest absolute Gasteiger partial charge is 0.284 e. The molecule has 1 N–H and O–H groups in total. The number of carbonyl (C=O) groups is 1. The molecule has 166 valence electrons. The van der Waals surface area contributed by atoms with Crippen molar-refractivity contribution in [3.63, 3.8) is 0 Å². The Morgan fingerprint density at radius 2 is 2.03 bits per heavy atom. The number of halogens is 1. The summed E-state index contributed by atoms with van der Waals surface area (Å²) in [5.74, 6) is -1.05. The third-order valence-corrected chi connectivity index (χ3v) is 5.96. The fraction of sp³-hybridized carbons (Fsp3) is 0.250. The van der Waals surface area contributed by atoms with Crippen molar-refractivity contribution in [2.24, 2.45) is 7.05 Å². The van der Waals surface area contributed by atoms with Crippen LogP contribution < -0.4 is 10.2 Å². The van der Waals surface area contributed by atoms with E-state index in [9.17, 15) is 19.3 Å². The molecular weight excluding hydrogens is 439 g/mol. The summed E-state index contributed by atoms with van der Waals surface area (Å²) in [6, 6.07) is 8.56. The summed E-state index contributed by atoms with van der Waals surface area (Å²) in [5, 5.41) is 22.3. The van der Waals surface area contributed by atoms with E-state index in [-0.39, 0.29) is 16.9 Å². The lowest BCUT2D eigenvalue weighted by atomic mass is 10.1. The molecule has 1 aromatic heterocycles. The highest BCUT2D eigenvalue weighted by Gasteiger charge is 2.21. The third kappa shape index (κ3) is 4.70. The average Bonchev–Trinajstić information content (AvgIpc) is 3.19. The first kappa shape index (κ1) is 21.7. The number of hydrogen-bond donors (Lipinski definition) is 1. The Balaban J connectivity index is 1.51. The fourth-order valence-corrected chi connectivity index (χ4v) is 4.05. The zero-order chi connectivity index (χ0) is 22.7. The van der Waals surface area contributed by atoms with Crippen LogP contribution >= 0.6 is 11.8 Å². The van der Waals surface area contributed by atoms with E-state index < -0.39 is 16.6 Å². The number of aryl methyl sites for hydroxylation is 1. The van der Waals surface area contributed by atoms with E-state index in [4.69, 9.17) is 4.74 Å². The van der Waals surface area contributed by atoms with Gasteiger partial charge in [-0.05, 0) is 42.1 Å². The van der Waals surface area contributed by atoms with Crippen molar-refractivity contribution in [3.8, 4) is 0 Å². The van der Waals surface area contributed by atoms with E-state index >= 15 is 0 Å². The van der Waals surface area contributed by atoms with Crippen molar-refractivity contribution >= 4 is 34.7 Å². The Morgan fingerprint density at radius 3 is 2.69 bits per heavy atom. The summed E-state index contributed by atoms with van der Waals surface area (Å²) >= 11 is 1.07. The zero-order valence-electron chi connectivity index (χ0n) is 17.0. The average molecular weight is 458 g/mol. The van der Waals surface area contributed by atoms with E-state index in [1.807, 2.05) is 4.90 Å². The minimum Gasteiger partial charge on any atom is -0.378 e. The molecule has 3 aromatic rings. The maximum absolute atomic E-state index is 14.6. The molecule has 2 aromatic carbocycles. The molecule has 0 radical (unpaired) electrons. The van der Waals surface area contributed by atoms with Gasteiger partial charge in [0.15, 0.2) is 5.16 Å². The molecule has 32 heavy (non-hydrogen) atoms. The summed E-state index contributed by atoms with van der Waals surface area (Å²) < 4.78 is 21.5.